The number of ether oxygens (including phenoxy) is 1. The maximum atomic E-state index is 12.3. The second-order valence-corrected chi connectivity index (χ2v) is 7.20. The Bertz CT molecular complexity index is 769. The fourth-order valence-corrected chi connectivity index (χ4v) is 3.87. The molecule has 2 rings (SSSR count). The molecule has 1 aromatic heterocycles. The van der Waals surface area contributed by atoms with Gasteiger partial charge in [-0.2, -0.15) is 0 Å². The Hall–Kier alpha value is -1.77. The summed E-state index contributed by atoms with van der Waals surface area (Å²) < 4.78 is 31.8. The van der Waals surface area contributed by atoms with Crippen LogP contribution >= 0.6 is 11.3 Å². The average molecular weight is 340 g/mol. The van der Waals surface area contributed by atoms with Crippen LogP contribution in [0.3, 0.4) is 0 Å². The van der Waals surface area contributed by atoms with E-state index in [0.717, 1.165) is 10.7 Å². The zero-order valence-corrected chi connectivity index (χ0v) is 13.8. The summed E-state index contributed by atoms with van der Waals surface area (Å²) in [5.74, 6) is -0.684. The summed E-state index contributed by atoms with van der Waals surface area (Å²) in [6.07, 6.45) is 0.498. The van der Waals surface area contributed by atoms with Crippen molar-refractivity contribution in [1.29, 1.82) is 0 Å². The number of hydrogen-bond acceptors (Lipinski definition) is 6. The van der Waals surface area contributed by atoms with Crippen molar-refractivity contribution in [2.45, 2.75) is 18.2 Å². The van der Waals surface area contributed by atoms with Gasteiger partial charge < -0.3 is 4.74 Å². The Morgan fingerprint density at radius 3 is 2.73 bits per heavy atom. The third-order valence-electron chi connectivity index (χ3n) is 2.88. The van der Waals surface area contributed by atoms with Gasteiger partial charge in [0.15, 0.2) is 0 Å². The number of aromatic nitrogens is 1. The van der Waals surface area contributed by atoms with Crippen molar-refractivity contribution in [2.75, 3.05) is 13.7 Å². The van der Waals surface area contributed by atoms with E-state index in [1.807, 2.05) is 12.3 Å². The lowest BCUT2D eigenvalue weighted by atomic mass is 10.2. The Kier molecular flexibility index (Phi) is 5.28. The van der Waals surface area contributed by atoms with E-state index in [0.29, 0.717) is 6.42 Å². The number of esters is 1. The minimum atomic E-state index is -3.78. The lowest BCUT2D eigenvalue weighted by Crippen LogP contribution is -2.27. The molecule has 0 aliphatic carbocycles. The molecular formula is C14H16N2O4S2. The topological polar surface area (TPSA) is 85.4 Å². The molecule has 8 heteroatoms. The Morgan fingerprint density at radius 2 is 2.09 bits per heavy atom. The van der Waals surface area contributed by atoms with Crippen molar-refractivity contribution in [2.24, 2.45) is 0 Å². The van der Waals surface area contributed by atoms with E-state index in [2.05, 4.69) is 14.4 Å². The first-order chi connectivity index (χ1) is 10.4. The molecule has 0 radical (unpaired) electrons. The van der Waals surface area contributed by atoms with Crippen molar-refractivity contribution in [3.8, 4) is 0 Å². The van der Waals surface area contributed by atoms with Gasteiger partial charge in [0.2, 0.25) is 10.0 Å². The van der Waals surface area contributed by atoms with E-state index in [1.165, 1.54) is 30.6 Å². The van der Waals surface area contributed by atoms with Gasteiger partial charge in [-0.1, -0.05) is 12.1 Å². The lowest BCUT2D eigenvalue weighted by Gasteiger charge is -2.09. The lowest BCUT2D eigenvalue weighted by molar-refractivity contribution is 0.0596. The molecule has 118 valence electrons. The highest BCUT2D eigenvalue weighted by Crippen LogP contribution is 2.16. The summed E-state index contributed by atoms with van der Waals surface area (Å²) in [6.45, 7) is 2.10. The summed E-state index contributed by atoms with van der Waals surface area (Å²) in [5.41, 5.74) is 0.932. The third kappa shape index (κ3) is 3.90. The molecular weight excluding hydrogens is 324 g/mol. The standard InChI is InChI=1S/C14H16N2O4S2/c1-10-9-21-13(16-10)7-8-15-22(18,19)12-6-4-3-5-11(12)14(17)20-2/h3-6,9,15H,7-8H2,1-2H3. The smallest absolute Gasteiger partial charge is 0.339 e. The Labute approximate surface area is 133 Å². The van der Waals surface area contributed by atoms with E-state index in [4.69, 9.17) is 0 Å². The minimum absolute atomic E-state index is 0.0163. The van der Waals surface area contributed by atoms with Crippen LogP contribution < -0.4 is 4.72 Å². The molecule has 0 aliphatic heterocycles. The SMILES string of the molecule is COC(=O)c1ccccc1S(=O)(=O)NCCc1nc(C)cs1. The van der Waals surface area contributed by atoms with Crippen molar-refractivity contribution in [3.05, 3.63) is 45.9 Å². The van der Waals surface area contributed by atoms with Gasteiger partial charge in [0.05, 0.1) is 22.6 Å². The molecule has 1 N–H and O–H groups in total. The van der Waals surface area contributed by atoms with Gasteiger partial charge in [-0.25, -0.2) is 22.9 Å². The van der Waals surface area contributed by atoms with E-state index < -0.39 is 16.0 Å². The van der Waals surface area contributed by atoms with Crippen LogP contribution in [0.4, 0.5) is 0 Å². The maximum Gasteiger partial charge on any atom is 0.339 e. The highest BCUT2D eigenvalue weighted by Gasteiger charge is 2.22. The van der Waals surface area contributed by atoms with Gasteiger partial charge >= 0.3 is 5.97 Å². The molecule has 0 aliphatic rings. The number of rotatable bonds is 6. The first kappa shape index (κ1) is 16.6. The van der Waals surface area contributed by atoms with Crippen molar-refractivity contribution < 1.29 is 17.9 Å². The van der Waals surface area contributed by atoms with Gasteiger partial charge in [-0.15, -0.1) is 11.3 Å². The molecule has 6 nitrogen and oxygen atoms in total. The number of nitrogens with zero attached hydrogens (tertiary/aromatic N) is 1. The molecule has 22 heavy (non-hydrogen) atoms. The quantitative estimate of drug-likeness (QED) is 0.810. The fraction of sp³-hybridized carbons (Fsp3) is 0.286. The number of sulfonamides is 1. The van der Waals surface area contributed by atoms with Crippen LogP contribution in [0.25, 0.3) is 0 Å². The van der Waals surface area contributed by atoms with Crippen LogP contribution in [-0.4, -0.2) is 33.0 Å². The first-order valence-electron chi connectivity index (χ1n) is 6.52. The number of thiazole rings is 1. The van der Waals surface area contributed by atoms with Crippen LogP contribution in [0.1, 0.15) is 21.1 Å². The number of methoxy groups -OCH3 is 1. The van der Waals surface area contributed by atoms with E-state index in [1.54, 1.807) is 12.1 Å². The van der Waals surface area contributed by atoms with E-state index in [-0.39, 0.29) is 17.0 Å². The van der Waals surface area contributed by atoms with Crippen LogP contribution in [0, 0.1) is 6.92 Å². The minimum Gasteiger partial charge on any atom is -0.465 e. The zero-order chi connectivity index (χ0) is 16.2. The number of carbonyl (C=O) groups excluding carboxylic acids is 1. The largest absolute Gasteiger partial charge is 0.465 e. The molecule has 0 saturated carbocycles. The number of hydrogen-bond donors (Lipinski definition) is 1. The molecule has 0 bridgehead atoms. The first-order valence-corrected chi connectivity index (χ1v) is 8.88. The predicted octanol–water partition coefficient (Wildman–Crippen LogP) is 1.76. The number of benzene rings is 1. The number of aryl methyl sites for hydroxylation is 1. The van der Waals surface area contributed by atoms with Crippen LogP contribution in [0.2, 0.25) is 0 Å². The van der Waals surface area contributed by atoms with Crippen molar-refractivity contribution >= 4 is 27.3 Å². The Balaban J connectivity index is 2.12. The third-order valence-corrected chi connectivity index (χ3v) is 5.43. The zero-order valence-electron chi connectivity index (χ0n) is 12.2. The normalized spacial score (nSPS) is 11.4. The molecule has 0 spiro atoms. The predicted molar refractivity (Wildman–Crippen MR) is 83.5 cm³/mol. The number of nitrogens with one attached hydrogen (secondary N) is 1. The Morgan fingerprint density at radius 1 is 1.36 bits per heavy atom. The molecule has 2 aromatic rings. The fourth-order valence-electron chi connectivity index (χ4n) is 1.87. The molecule has 0 fully saturated rings. The second kappa shape index (κ2) is 6.99. The molecule has 0 unspecified atom stereocenters. The highest BCUT2D eigenvalue weighted by molar-refractivity contribution is 7.89. The van der Waals surface area contributed by atoms with E-state index in [9.17, 15) is 13.2 Å². The van der Waals surface area contributed by atoms with Gasteiger partial charge in [0, 0.05) is 24.0 Å². The van der Waals surface area contributed by atoms with Crippen LogP contribution in [0.15, 0.2) is 34.5 Å². The average Bonchev–Trinajstić information content (AvgIpc) is 2.91. The summed E-state index contributed by atoms with van der Waals surface area (Å²) >= 11 is 1.49. The van der Waals surface area contributed by atoms with Gasteiger partial charge in [0.25, 0.3) is 0 Å². The summed E-state index contributed by atoms with van der Waals surface area (Å²) in [7, 11) is -2.57. The second-order valence-electron chi connectivity index (χ2n) is 4.52. The molecule has 1 heterocycles. The van der Waals surface area contributed by atoms with Crippen LogP contribution in [0.5, 0.6) is 0 Å². The monoisotopic (exact) mass is 340 g/mol. The summed E-state index contributed by atoms with van der Waals surface area (Å²) in [6, 6.07) is 5.95. The van der Waals surface area contributed by atoms with Gasteiger partial charge in [0.1, 0.15) is 0 Å². The molecule has 0 saturated heterocycles. The maximum absolute atomic E-state index is 12.3. The van der Waals surface area contributed by atoms with Gasteiger partial charge in [-0.3, -0.25) is 0 Å². The molecule has 0 atom stereocenters. The van der Waals surface area contributed by atoms with Crippen molar-refractivity contribution in [3.63, 3.8) is 0 Å². The van der Waals surface area contributed by atoms with Gasteiger partial charge in [-0.05, 0) is 19.1 Å². The van der Waals surface area contributed by atoms with Crippen molar-refractivity contribution in [1.82, 2.24) is 9.71 Å². The number of carbonyl (C=O) groups is 1. The summed E-state index contributed by atoms with van der Waals surface area (Å²) in [5, 5.41) is 2.78. The highest BCUT2D eigenvalue weighted by atomic mass is 32.2. The molecule has 1 aromatic carbocycles. The summed E-state index contributed by atoms with van der Waals surface area (Å²) in [4.78, 5) is 15.8. The van der Waals surface area contributed by atoms with E-state index >= 15 is 0 Å². The van der Waals surface area contributed by atoms with Crippen LogP contribution in [-0.2, 0) is 21.2 Å². The molecule has 0 amide bonds.